The van der Waals surface area contributed by atoms with Gasteiger partial charge in [-0.15, -0.1) is 0 Å². The Bertz CT molecular complexity index is 547. The van der Waals surface area contributed by atoms with Gasteiger partial charge >= 0.3 is 5.97 Å². The summed E-state index contributed by atoms with van der Waals surface area (Å²) in [7, 11) is -3.79. The Morgan fingerprint density at radius 3 is 2.28 bits per heavy atom. The highest BCUT2D eigenvalue weighted by Crippen LogP contribution is 2.13. The number of rotatable bonds is 5. The van der Waals surface area contributed by atoms with Gasteiger partial charge in [0, 0.05) is 3.57 Å². The zero-order valence-electron chi connectivity index (χ0n) is 9.55. The lowest BCUT2D eigenvalue weighted by atomic mass is 10.4. The second-order valence-corrected chi connectivity index (χ2v) is 6.59. The Balaban J connectivity index is 2.86. The van der Waals surface area contributed by atoms with E-state index in [1.54, 1.807) is 19.1 Å². The first kappa shape index (κ1) is 15.1. The molecular weight excluding hydrogens is 371 g/mol. The van der Waals surface area contributed by atoms with Crippen molar-refractivity contribution in [2.75, 3.05) is 12.4 Å². The molecule has 0 unspecified atom stereocenters. The van der Waals surface area contributed by atoms with Crippen LogP contribution in [-0.4, -0.2) is 32.5 Å². The number of sulfone groups is 1. The molecule has 0 aliphatic carbocycles. The average Bonchev–Trinajstić information content (AvgIpc) is 2.29. The molecule has 18 heavy (non-hydrogen) atoms. The molecule has 0 heterocycles. The van der Waals surface area contributed by atoms with Crippen molar-refractivity contribution in [2.24, 2.45) is 0 Å². The van der Waals surface area contributed by atoms with Crippen molar-refractivity contribution < 1.29 is 22.7 Å². The molecule has 0 aliphatic rings. The minimum Gasteiger partial charge on any atom is -0.460 e. The molecule has 7 heteroatoms. The topological polar surface area (TPSA) is 77.5 Å². The van der Waals surface area contributed by atoms with Gasteiger partial charge < -0.3 is 4.74 Å². The number of esters is 1. The largest absolute Gasteiger partial charge is 0.460 e. The quantitative estimate of drug-likeness (QED) is 0.435. The molecule has 0 radical (unpaired) electrons. The van der Waals surface area contributed by atoms with E-state index in [9.17, 15) is 18.0 Å². The summed E-state index contributed by atoms with van der Waals surface area (Å²) in [4.78, 5) is 22.4. The Kier molecular flexibility index (Phi) is 5.27. The molecule has 1 aromatic rings. The summed E-state index contributed by atoms with van der Waals surface area (Å²) in [5.41, 5.74) is 0. The highest BCUT2D eigenvalue weighted by atomic mass is 127. The Labute approximate surface area is 119 Å². The van der Waals surface area contributed by atoms with Gasteiger partial charge in [-0.2, -0.15) is 0 Å². The van der Waals surface area contributed by atoms with E-state index in [4.69, 9.17) is 0 Å². The number of ether oxygens (including phenoxy) is 1. The van der Waals surface area contributed by atoms with Crippen molar-refractivity contribution in [1.29, 1.82) is 0 Å². The number of carbonyl (C=O) groups is 2. The van der Waals surface area contributed by atoms with E-state index in [2.05, 4.69) is 4.74 Å². The maximum Gasteiger partial charge on any atom is 0.375 e. The third-order valence-corrected chi connectivity index (χ3v) is 4.35. The number of carbonyl (C=O) groups excluding carboxylic acids is 2. The van der Waals surface area contributed by atoms with Crippen LogP contribution in [0.1, 0.15) is 6.92 Å². The first-order valence-corrected chi connectivity index (χ1v) is 7.78. The molecule has 0 saturated heterocycles. The summed E-state index contributed by atoms with van der Waals surface area (Å²) in [5.74, 6) is -3.05. The van der Waals surface area contributed by atoms with Gasteiger partial charge in [-0.25, -0.2) is 13.2 Å². The van der Waals surface area contributed by atoms with Crippen molar-refractivity contribution in [1.82, 2.24) is 0 Å². The lowest BCUT2D eigenvalue weighted by Crippen LogP contribution is -2.25. The van der Waals surface area contributed by atoms with Crippen LogP contribution in [0, 0.1) is 3.57 Å². The predicted octanol–water partition coefficient (Wildman–Crippen LogP) is 1.20. The Morgan fingerprint density at radius 1 is 1.22 bits per heavy atom. The molecule has 0 atom stereocenters. The molecular formula is C11H11IO5S. The van der Waals surface area contributed by atoms with Gasteiger partial charge in [0.05, 0.1) is 11.5 Å². The van der Waals surface area contributed by atoms with Crippen LogP contribution < -0.4 is 0 Å². The van der Waals surface area contributed by atoms with Crippen molar-refractivity contribution in [3.63, 3.8) is 0 Å². The highest BCUT2D eigenvalue weighted by Gasteiger charge is 2.24. The number of hydrogen-bond acceptors (Lipinski definition) is 5. The number of Topliss-reactive ketones (excluding diaryl/α,β-unsaturated/α-hetero) is 1. The van der Waals surface area contributed by atoms with Crippen molar-refractivity contribution in [2.45, 2.75) is 11.8 Å². The Morgan fingerprint density at radius 2 is 1.78 bits per heavy atom. The lowest BCUT2D eigenvalue weighted by Gasteiger charge is -2.04. The average molecular weight is 382 g/mol. The van der Waals surface area contributed by atoms with E-state index in [0.717, 1.165) is 3.57 Å². The van der Waals surface area contributed by atoms with Gasteiger partial charge in [0.2, 0.25) is 0 Å². The minimum atomic E-state index is -3.79. The van der Waals surface area contributed by atoms with Gasteiger partial charge in [-0.3, -0.25) is 4.79 Å². The van der Waals surface area contributed by atoms with Crippen LogP contribution in [0.4, 0.5) is 0 Å². The summed E-state index contributed by atoms with van der Waals surface area (Å²) in [5, 5.41) is 0. The third-order valence-electron chi connectivity index (χ3n) is 2.00. The molecule has 0 saturated carbocycles. The molecule has 0 bridgehead atoms. The molecule has 5 nitrogen and oxygen atoms in total. The first-order chi connectivity index (χ1) is 8.36. The second kappa shape index (κ2) is 6.28. The highest BCUT2D eigenvalue weighted by molar-refractivity contribution is 14.1. The van der Waals surface area contributed by atoms with Gasteiger partial charge in [-0.1, -0.05) is 0 Å². The standard InChI is InChI=1S/C11H11IO5S/c1-2-17-11(14)10(13)7-18(15,16)9-5-3-8(12)4-6-9/h3-6H,2,7H2,1H3. The molecule has 1 rings (SSSR count). The summed E-state index contributed by atoms with van der Waals surface area (Å²) in [6, 6.07) is 6.02. The molecule has 0 fully saturated rings. The van der Waals surface area contributed by atoms with Crippen molar-refractivity contribution in [3.05, 3.63) is 27.8 Å². The van der Waals surface area contributed by atoms with Gasteiger partial charge in [-0.05, 0) is 53.8 Å². The molecule has 0 N–H and O–H groups in total. The predicted molar refractivity (Wildman–Crippen MR) is 72.9 cm³/mol. The number of halogens is 1. The van der Waals surface area contributed by atoms with Crippen molar-refractivity contribution >= 4 is 44.2 Å². The van der Waals surface area contributed by atoms with Crippen LogP contribution in [0.5, 0.6) is 0 Å². The summed E-state index contributed by atoms with van der Waals surface area (Å²) < 4.78 is 29.0. The van der Waals surface area contributed by atoms with Gasteiger partial charge in [0.1, 0.15) is 5.75 Å². The molecule has 0 aliphatic heterocycles. The fourth-order valence-corrected chi connectivity index (χ4v) is 2.71. The lowest BCUT2D eigenvalue weighted by molar-refractivity contribution is -0.152. The Hall–Kier alpha value is -0.960. The molecule has 1 aromatic carbocycles. The first-order valence-electron chi connectivity index (χ1n) is 5.05. The van der Waals surface area contributed by atoms with Crippen molar-refractivity contribution in [3.8, 4) is 0 Å². The molecule has 0 amide bonds. The van der Waals surface area contributed by atoms with Crippen LogP contribution in [0.25, 0.3) is 0 Å². The second-order valence-electron chi connectivity index (χ2n) is 3.36. The SMILES string of the molecule is CCOC(=O)C(=O)CS(=O)(=O)c1ccc(I)cc1. The van der Waals surface area contributed by atoms with E-state index < -0.39 is 27.3 Å². The van der Waals surface area contributed by atoms with Gasteiger partial charge in [0.25, 0.3) is 5.78 Å². The molecule has 0 aromatic heterocycles. The number of hydrogen-bond donors (Lipinski definition) is 0. The molecule has 0 spiro atoms. The van der Waals surface area contributed by atoms with Crippen LogP contribution in [-0.2, 0) is 24.2 Å². The fraction of sp³-hybridized carbons (Fsp3) is 0.273. The summed E-state index contributed by atoms with van der Waals surface area (Å²) in [6.07, 6.45) is 0. The smallest absolute Gasteiger partial charge is 0.375 e. The van der Waals surface area contributed by atoms with E-state index in [0.29, 0.717) is 0 Å². The maximum atomic E-state index is 11.8. The maximum absolute atomic E-state index is 11.8. The summed E-state index contributed by atoms with van der Waals surface area (Å²) in [6.45, 7) is 1.58. The monoisotopic (exact) mass is 382 g/mol. The third kappa shape index (κ3) is 4.05. The number of ketones is 1. The van der Waals surface area contributed by atoms with E-state index in [1.807, 2.05) is 22.6 Å². The zero-order chi connectivity index (χ0) is 13.8. The van der Waals surface area contributed by atoms with Crippen LogP contribution in [0.2, 0.25) is 0 Å². The fourth-order valence-electron chi connectivity index (χ4n) is 1.17. The van der Waals surface area contributed by atoms with E-state index in [1.165, 1.54) is 12.1 Å². The van der Waals surface area contributed by atoms with Crippen LogP contribution in [0.15, 0.2) is 29.2 Å². The van der Waals surface area contributed by atoms with E-state index in [-0.39, 0.29) is 11.5 Å². The van der Waals surface area contributed by atoms with Gasteiger partial charge in [0.15, 0.2) is 9.84 Å². The number of benzene rings is 1. The minimum absolute atomic E-state index is 0.0144. The summed E-state index contributed by atoms with van der Waals surface area (Å²) >= 11 is 2.04. The van der Waals surface area contributed by atoms with Crippen LogP contribution >= 0.6 is 22.6 Å². The molecule has 98 valence electrons. The van der Waals surface area contributed by atoms with Crippen LogP contribution in [0.3, 0.4) is 0 Å². The zero-order valence-corrected chi connectivity index (χ0v) is 12.5. The van der Waals surface area contributed by atoms with E-state index >= 15 is 0 Å². The normalized spacial score (nSPS) is 11.0.